The van der Waals surface area contributed by atoms with Crippen molar-refractivity contribution in [2.45, 2.75) is 45.7 Å². The molecule has 0 aliphatic carbocycles. The first-order valence-corrected chi connectivity index (χ1v) is 4.57. The van der Waals surface area contributed by atoms with Gasteiger partial charge in [0.2, 0.25) is 0 Å². The van der Waals surface area contributed by atoms with E-state index in [9.17, 15) is 0 Å². The highest BCUT2D eigenvalue weighted by atomic mass is 16.7. The molecule has 2 atom stereocenters. The highest BCUT2D eigenvalue weighted by molar-refractivity contribution is 4.59. The molecule has 0 N–H and O–H groups in total. The molecule has 1 fully saturated rings. The highest BCUT2D eigenvalue weighted by Gasteiger charge is 2.19. The average molecular weight is 174 g/mol. The summed E-state index contributed by atoms with van der Waals surface area (Å²) in [6.07, 6.45) is 1.22. The van der Waals surface area contributed by atoms with Crippen LogP contribution in [0, 0.1) is 0 Å². The van der Waals surface area contributed by atoms with Crippen LogP contribution in [0.1, 0.15) is 27.2 Å². The van der Waals surface area contributed by atoms with Crippen LogP contribution in [-0.4, -0.2) is 31.7 Å². The summed E-state index contributed by atoms with van der Waals surface area (Å²) in [5, 5.41) is 0. The SMILES string of the molecule is CC(C)O[C@H]1C[C@@H](C)OCCO1. The van der Waals surface area contributed by atoms with Crippen LogP contribution in [0.2, 0.25) is 0 Å². The molecule has 0 amide bonds. The highest BCUT2D eigenvalue weighted by Crippen LogP contribution is 2.13. The Morgan fingerprint density at radius 3 is 2.58 bits per heavy atom. The maximum atomic E-state index is 5.54. The van der Waals surface area contributed by atoms with E-state index in [1.54, 1.807) is 0 Å². The van der Waals surface area contributed by atoms with Gasteiger partial charge in [-0.25, -0.2) is 0 Å². The molecule has 0 bridgehead atoms. The summed E-state index contributed by atoms with van der Waals surface area (Å²) in [4.78, 5) is 0. The summed E-state index contributed by atoms with van der Waals surface area (Å²) in [5.41, 5.74) is 0. The first kappa shape index (κ1) is 9.96. The fourth-order valence-corrected chi connectivity index (χ4v) is 1.23. The van der Waals surface area contributed by atoms with E-state index in [1.165, 1.54) is 0 Å². The summed E-state index contributed by atoms with van der Waals surface area (Å²) in [6, 6.07) is 0. The van der Waals surface area contributed by atoms with Crippen molar-refractivity contribution >= 4 is 0 Å². The van der Waals surface area contributed by atoms with Crippen molar-refractivity contribution in [3.63, 3.8) is 0 Å². The topological polar surface area (TPSA) is 27.7 Å². The molecule has 0 radical (unpaired) electrons. The van der Waals surface area contributed by atoms with Gasteiger partial charge in [-0.05, 0) is 20.8 Å². The maximum absolute atomic E-state index is 5.54. The molecule has 0 unspecified atom stereocenters. The molecule has 12 heavy (non-hydrogen) atoms. The molecule has 0 aromatic carbocycles. The Bertz CT molecular complexity index is 125. The van der Waals surface area contributed by atoms with Crippen LogP contribution in [0.25, 0.3) is 0 Å². The van der Waals surface area contributed by atoms with Gasteiger partial charge >= 0.3 is 0 Å². The van der Waals surface area contributed by atoms with Gasteiger partial charge in [0.05, 0.1) is 25.4 Å². The van der Waals surface area contributed by atoms with Crippen molar-refractivity contribution in [3.05, 3.63) is 0 Å². The van der Waals surface area contributed by atoms with E-state index in [0.29, 0.717) is 13.2 Å². The van der Waals surface area contributed by atoms with E-state index in [0.717, 1.165) is 6.42 Å². The predicted octanol–water partition coefficient (Wildman–Crippen LogP) is 1.56. The number of hydrogen-bond donors (Lipinski definition) is 0. The molecule has 3 heteroatoms. The zero-order chi connectivity index (χ0) is 8.97. The van der Waals surface area contributed by atoms with E-state index in [2.05, 4.69) is 0 Å². The van der Waals surface area contributed by atoms with Crippen LogP contribution in [0.15, 0.2) is 0 Å². The van der Waals surface area contributed by atoms with Crippen molar-refractivity contribution in [1.29, 1.82) is 0 Å². The van der Waals surface area contributed by atoms with Crippen LogP contribution in [0.5, 0.6) is 0 Å². The molecule has 72 valence electrons. The molecule has 0 aromatic heterocycles. The molecule has 1 aliphatic rings. The second-order valence-corrected chi connectivity index (χ2v) is 3.40. The third kappa shape index (κ3) is 3.52. The van der Waals surface area contributed by atoms with E-state index in [-0.39, 0.29) is 18.5 Å². The fraction of sp³-hybridized carbons (Fsp3) is 1.00. The monoisotopic (exact) mass is 174 g/mol. The van der Waals surface area contributed by atoms with Crippen LogP contribution in [-0.2, 0) is 14.2 Å². The summed E-state index contributed by atoms with van der Waals surface area (Å²) in [6.45, 7) is 7.39. The van der Waals surface area contributed by atoms with Gasteiger partial charge in [0.15, 0.2) is 6.29 Å². The third-order valence-corrected chi connectivity index (χ3v) is 1.74. The van der Waals surface area contributed by atoms with Crippen LogP contribution < -0.4 is 0 Å². The Labute approximate surface area is 74.0 Å². The van der Waals surface area contributed by atoms with E-state index < -0.39 is 0 Å². The first-order valence-electron chi connectivity index (χ1n) is 4.57. The normalized spacial score (nSPS) is 32.0. The first-order chi connectivity index (χ1) is 5.68. The lowest BCUT2D eigenvalue weighted by Gasteiger charge is -2.19. The molecule has 0 saturated carbocycles. The summed E-state index contributed by atoms with van der Waals surface area (Å²) in [5.74, 6) is 0. The molecule has 0 aromatic rings. The maximum Gasteiger partial charge on any atom is 0.160 e. The minimum Gasteiger partial charge on any atom is -0.376 e. The minimum atomic E-state index is -0.0810. The van der Waals surface area contributed by atoms with Crippen molar-refractivity contribution in [1.82, 2.24) is 0 Å². The second-order valence-electron chi connectivity index (χ2n) is 3.40. The standard InChI is InChI=1S/C9H18O3/c1-7(2)12-9-6-8(3)10-4-5-11-9/h7-9H,4-6H2,1-3H3/t8-,9+/m1/s1. The summed E-state index contributed by atoms with van der Waals surface area (Å²) >= 11 is 0. The van der Waals surface area contributed by atoms with Gasteiger partial charge in [0.1, 0.15) is 0 Å². The van der Waals surface area contributed by atoms with E-state index >= 15 is 0 Å². The Kier molecular flexibility index (Phi) is 3.98. The Morgan fingerprint density at radius 2 is 1.92 bits per heavy atom. The molecular formula is C9H18O3. The molecule has 0 spiro atoms. The van der Waals surface area contributed by atoms with Crippen molar-refractivity contribution in [3.8, 4) is 0 Å². The largest absolute Gasteiger partial charge is 0.376 e. The fourth-order valence-electron chi connectivity index (χ4n) is 1.23. The number of hydrogen-bond acceptors (Lipinski definition) is 3. The van der Waals surface area contributed by atoms with Gasteiger partial charge < -0.3 is 14.2 Å². The van der Waals surface area contributed by atoms with E-state index in [4.69, 9.17) is 14.2 Å². The molecule has 1 aliphatic heterocycles. The molecule has 1 saturated heterocycles. The summed E-state index contributed by atoms with van der Waals surface area (Å²) < 4.78 is 16.4. The van der Waals surface area contributed by atoms with Crippen molar-refractivity contribution in [2.24, 2.45) is 0 Å². The van der Waals surface area contributed by atoms with Gasteiger partial charge in [-0.2, -0.15) is 0 Å². The smallest absolute Gasteiger partial charge is 0.160 e. The van der Waals surface area contributed by atoms with Gasteiger partial charge in [0, 0.05) is 6.42 Å². The molecule has 1 rings (SSSR count). The molecule has 1 heterocycles. The zero-order valence-corrected chi connectivity index (χ0v) is 8.08. The molecule has 3 nitrogen and oxygen atoms in total. The summed E-state index contributed by atoms with van der Waals surface area (Å²) in [7, 11) is 0. The van der Waals surface area contributed by atoms with Crippen LogP contribution in [0.4, 0.5) is 0 Å². The number of rotatable bonds is 2. The van der Waals surface area contributed by atoms with Crippen molar-refractivity contribution < 1.29 is 14.2 Å². The lowest BCUT2D eigenvalue weighted by molar-refractivity contribution is -0.160. The van der Waals surface area contributed by atoms with E-state index in [1.807, 2.05) is 20.8 Å². The molecular weight excluding hydrogens is 156 g/mol. The van der Waals surface area contributed by atoms with Crippen molar-refractivity contribution in [2.75, 3.05) is 13.2 Å². The Balaban J connectivity index is 2.31. The Morgan fingerprint density at radius 1 is 1.25 bits per heavy atom. The van der Waals surface area contributed by atoms with Gasteiger partial charge in [-0.1, -0.05) is 0 Å². The van der Waals surface area contributed by atoms with Gasteiger partial charge in [-0.3, -0.25) is 0 Å². The predicted molar refractivity (Wildman–Crippen MR) is 46.0 cm³/mol. The second kappa shape index (κ2) is 4.80. The Hall–Kier alpha value is -0.120. The van der Waals surface area contributed by atoms with Crippen LogP contribution >= 0.6 is 0 Å². The van der Waals surface area contributed by atoms with Gasteiger partial charge in [0.25, 0.3) is 0 Å². The number of ether oxygens (including phenoxy) is 3. The third-order valence-electron chi connectivity index (χ3n) is 1.74. The zero-order valence-electron chi connectivity index (χ0n) is 8.08. The lowest BCUT2D eigenvalue weighted by Crippen LogP contribution is -2.23. The van der Waals surface area contributed by atoms with Gasteiger partial charge in [-0.15, -0.1) is 0 Å². The minimum absolute atomic E-state index is 0.0810. The lowest BCUT2D eigenvalue weighted by atomic mass is 10.3. The quantitative estimate of drug-likeness (QED) is 0.636. The van der Waals surface area contributed by atoms with Crippen LogP contribution in [0.3, 0.4) is 0 Å². The average Bonchev–Trinajstić information content (AvgIpc) is 2.12.